The van der Waals surface area contributed by atoms with Gasteiger partial charge in [-0.05, 0) is 11.1 Å². The molecule has 0 heterocycles. The second-order valence-corrected chi connectivity index (χ2v) is 4.32. The predicted molar refractivity (Wildman–Crippen MR) is 79.6 cm³/mol. The van der Waals surface area contributed by atoms with Gasteiger partial charge in [-0.1, -0.05) is 24.3 Å². The van der Waals surface area contributed by atoms with E-state index in [0.29, 0.717) is 11.1 Å². The lowest BCUT2D eigenvalue weighted by molar-refractivity contribution is 1.02. The lowest BCUT2D eigenvalue weighted by Crippen LogP contribution is -2.36. The molecule has 1 aromatic carbocycles. The van der Waals surface area contributed by atoms with E-state index >= 15 is 0 Å². The topological polar surface area (TPSA) is 199 Å². The number of nitrogens with one attached hydrogen (secondary N) is 4. The van der Waals surface area contributed by atoms with Crippen LogP contribution in [0.15, 0.2) is 24.3 Å². The second-order valence-electron chi connectivity index (χ2n) is 4.32. The summed E-state index contributed by atoms with van der Waals surface area (Å²) in [6.07, 6.45) is 0. The Balaban J connectivity index is 3.50. The summed E-state index contributed by atoms with van der Waals surface area (Å²) in [6.45, 7) is 0. The van der Waals surface area contributed by atoms with Crippen molar-refractivity contribution in [1.82, 2.24) is 0 Å². The SMILES string of the molecule is N=C(N)C(C(=N)N)c1ccccc1C(C(=N)N)C(=N)N. The van der Waals surface area contributed by atoms with E-state index in [1.165, 1.54) is 0 Å². The number of benzene rings is 1. The third-order valence-corrected chi connectivity index (χ3v) is 2.86. The molecule has 0 spiro atoms. The van der Waals surface area contributed by atoms with Crippen molar-refractivity contribution < 1.29 is 0 Å². The molecular weight excluding hydrogens is 256 g/mol. The molecule has 0 aliphatic carbocycles. The number of hydrogen-bond acceptors (Lipinski definition) is 4. The highest BCUT2D eigenvalue weighted by Crippen LogP contribution is 2.27. The minimum atomic E-state index is -0.924. The maximum absolute atomic E-state index is 7.56. The van der Waals surface area contributed by atoms with Crippen LogP contribution in [0.3, 0.4) is 0 Å². The summed E-state index contributed by atoms with van der Waals surface area (Å²) in [5.41, 5.74) is 22.8. The second kappa shape index (κ2) is 5.83. The van der Waals surface area contributed by atoms with Gasteiger partial charge in [0, 0.05) is 0 Å². The summed E-state index contributed by atoms with van der Waals surface area (Å²) in [5.74, 6) is -3.03. The van der Waals surface area contributed by atoms with Crippen LogP contribution in [-0.2, 0) is 0 Å². The molecule has 8 heteroatoms. The molecule has 0 aliphatic heterocycles. The molecule has 0 fully saturated rings. The Morgan fingerprint density at radius 1 is 0.650 bits per heavy atom. The molecule has 0 aromatic heterocycles. The number of rotatable bonds is 6. The Kier molecular flexibility index (Phi) is 4.42. The van der Waals surface area contributed by atoms with Crippen LogP contribution in [0.25, 0.3) is 0 Å². The third-order valence-electron chi connectivity index (χ3n) is 2.86. The van der Waals surface area contributed by atoms with Gasteiger partial charge in [0.15, 0.2) is 0 Å². The molecule has 0 saturated carbocycles. The standard InChI is InChI=1S/C12H18N8/c13-9(14)7(10(15)16)5-3-1-2-4-6(5)8(11(17)18)12(19)20/h1-4,7-8H,(H3,13,14)(H3,15,16)(H3,17,18)(H3,19,20). The Morgan fingerprint density at radius 2 is 0.900 bits per heavy atom. The van der Waals surface area contributed by atoms with Crippen molar-refractivity contribution in [3.05, 3.63) is 35.4 Å². The van der Waals surface area contributed by atoms with Gasteiger partial charge in [0.1, 0.15) is 23.3 Å². The Bertz CT molecular complexity index is 498. The summed E-state index contributed by atoms with van der Waals surface area (Å²) in [7, 11) is 0. The van der Waals surface area contributed by atoms with E-state index in [0.717, 1.165) is 0 Å². The van der Waals surface area contributed by atoms with Crippen molar-refractivity contribution in [1.29, 1.82) is 21.6 Å². The molecular formula is C12H18N8. The van der Waals surface area contributed by atoms with Gasteiger partial charge >= 0.3 is 0 Å². The Labute approximate surface area is 116 Å². The molecule has 1 aromatic rings. The van der Waals surface area contributed by atoms with Crippen molar-refractivity contribution in [2.45, 2.75) is 11.8 Å². The van der Waals surface area contributed by atoms with Gasteiger partial charge in [-0.25, -0.2) is 0 Å². The third kappa shape index (κ3) is 2.91. The molecule has 12 N–H and O–H groups in total. The molecule has 0 bridgehead atoms. The van der Waals surface area contributed by atoms with Crippen LogP contribution in [0.2, 0.25) is 0 Å². The monoisotopic (exact) mass is 274 g/mol. The largest absolute Gasteiger partial charge is 0.387 e. The van der Waals surface area contributed by atoms with Gasteiger partial charge < -0.3 is 22.9 Å². The average Bonchev–Trinajstić information content (AvgIpc) is 2.29. The maximum atomic E-state index is 7.56. The average molecular weight is 274 g/mol. The molecule has 0 amide bonds. The molecule has 20 heavy (non-hydrogen) atoms. The van der Waals surface area contributed by atoms with Crippen molar-refractivity contribution in [3.63, 3.8) is 0 Å². The minimum Gasteiger partial charge on any atom is -0.387 e. The van der Waals surface area contributed by atoms with E-state index in [2.05, 4.69) is 0 Å². The molecule has 0 unspecified atom stereocenters. The number of hydrogen-bond donors (Lipinski definition) is 8. The van der Waals surface area contributed by atoms with Gasteiger partial charge in [-0.2, -0.15) is 0 Å². The highest BCUT2D eigenvalue weighted by atomic mass is 14.8. The summed E-state index contributed by atoms with van der Waals surface area (Å²) < 4.78 is 0. The summed E-state index contributed by atoms with van der Waals surface area (Å²) >= 11 is 0. The maximum Gasteiger partial charge on any atom is 0.106 e. The van der Waals surface area contributed by atoms with E-state index in [4.69, 9.17) is 44.6 Å². The first-order valence-electron chi connectivity index (χ1n) is 5.71. The zero-order valence-electron chi connectivity index (χ0n) is 10.8. The molecule has 8 nitrogen and oxygen atoms in total. The van der Waals surface area contributed by atoms with Crippen LogP contribution in [-0.4, -0.2) is 23.3 Å². The van der Waals surface area contributed by atoms with Gasteiger partial charge in [0.05, 0.1) is 11.8 Å². The zero-order valence-corrected chi connectivity index (χ0v) is 10.8. The predicted octanol–water partition coefficient (Wildman–Crippen LogP) is -0.402. The fourth-order valence-corrected chi connectivity index (χ4v) is 2.04. The van der Waals surface area contributed by atoms with E-state index in [-0.39, 0.29) is 23.3 Å². The molecule has 0 radical (unpaired) electrons. The van der Waals surface area contributed by atoms with Crippen LogP contribution in [0.5, 0.6) is 0 Å². The fraction of sp³-hybridized carbons (Fsp3) is 0.167. The normalized spacial score (nSPS) is 13.2. The van der Waals surface area contributed by atoms with Crippen LogP contribution in [0.4, 0.5) is 0 Å². The lowest BCUT2D eigenvalue weighted by Gasteiger charge is -2.22. The lowest BCUT2D eigenvalue weighted by atomic mass is 9.85. The van der Waals surface area contributed by atoms with E-state index < -0.39 is 11.8 Å². The highest BCUT2D eigenvalue weighted by Gasteiger charge is 2.27. The summed E-state index contributed by atoms with van der Waals surface area (Å²) in [4.78, 5) is 0. The zero-order chi connectivity index (χ0) is 15.4. The minimum absolute atomic E-state index is 0.296. The summed E-state index contributed by atoms with van der Waals surface area (Å²) in [5, 5.41) is 30.2. The molecule has 1 rings (SSSR count). The van der Waals surface area contributed by atoms with Crippen molar-refractivity contribution >= 4 is 23.3 Å². The van der Waals surface area contributed by atoms with E-state index in [1.807, 2.05) is 0 Å². The first kappa shape index (κ1) is 15.2. The van der Waals surface area contributed by atoms with Crippen LogP contribution in [0.1, 0.15) is 23.0 Å². The Morgan fingerprint density at radius 3 is 1.10 bits per heavy atom. The molecule has 0 atom stereocenters. The van der Waals surface area contributed by atoms with Crippen molar-refractivity contribution in [2.24, 2.45) is 22.9 Å². The molecule has 106 valence electrons. The van der Waals surface area contributed by atoms with Crippen molar-refractivity contribution in [2.75, 3.05) is 0 Å². The highest BCUT2D eigenvalue weighted by molar-refractivity contribution is 6.10. The van der Waals surface area contributed by atoms with Crippen LogP contribution < -0.4 is 22.9 Å². The van der Waals surface area contributed by atoms with Gasteiger partial charge in [-0.15, -0.1) is 0 Å². The number of nitrogens with two attached hydrogens (primary N) is 4. The molecule has 0 saturated heterocycles. The fourth-order valence-electron chi connectivity index (χ4n) is 2.04. The summed E-state index contributed by atoms with van der Waals surface area (Å²) in [6, 6.07) is 6.63. The first-order chi connectivity index (χ1) is 9.27. The van der Waals surface area contributed by atoms with E-state index in [9.17, 15) is 0 Å². The van der Waals surface area contributed by atoms with Gasteiger partial charge in [0.2, 0.25) is 0 Å². The van der Waals surface area contributed by atoms with Gasteiger partial charge in [0.25, 0.3) is 0 Å². The van der Waals surface area contributed by atoms with Crippen LogP contribution in [0, 0.1) is 21.6 Å². The van der Waals surface area contributed by atoms with E-state index in [1.54, 1.807) is 24.3 Å². The van der Waals surface area contributed by atoms with Gasteiger partial charge in [-0.3, -0.25) is 21.6 Å². The van der Waals surface area contributed by atoms with Crippen LogP contribution >= 0.6 is 0 Å². The first-order valence-corrected chi connectivity index (χ1v) is 5.71. The molecule has 0 aliphatic rings. The quantitative estimate of drug-likeness (QED) is 0.258. The Hall–Kier alpha value is -2.90. The number of amidine groups is 4. The smallest absolute Gasteiger partial charge is 0.106 e. The van der Waals surface area contributed by atoms with Crippen molar-refractivity contribution in [3.8, 4) is 0 Å².